The second kappa shape index (κ2) is 7.09. The predicted octanol–water partition coefficient (Wildman–Crippen LogP) is 1.84. The number of methoxy groups -OCH3 is 1. The van der Waals surface area contributed by atoms with Gasteiger partial charge in [-0.2, -0.15) is 5.26 Å². The molecular weight excluding hydrogens is 280 g/mol. The summed E-state index contributed by atoms with van der Waals surface area (Å²) in [6, 6.07) is 7.45. The highest BCUT2D eigenvalue weighted by molar-refractivity contribution is 5.91. The van der Waals surface area contributed by atoms with Gasteiger partial charge in [-0.15, -0.1) is 0 Å². The molecule has 1 N–H and O–H groups in total. The quantitative estimate of drug-likeness (QED) is 0.674. The molecule has 112 valence electrons. The molecule has 0 spiro atoms. The lowest BCUT2D eigenvalue weighted by Crippen LogP contribution is -2.20. The number of rotatable bonds is 5. The molecule has 0 aliphatic carbocycles. The standard InChI is InChI=1S/C16H16N4O2/c1-12-10-20(11-19-12)14-5-3-13(9-15(14)22-2)4-6-16(21)18-8-7-17/h3-6,9-11H,8H2,1-2H3,(H,18,21). The molecule has 0 aliphatic rings. The van der Waals surface area contributed by atoms with Crippen LogP contribution in [-0.4, -0.2) is 29.1 Å². The Morgan fingerprint density at radius 3 is 3.00 bits per heavy atom. The Balaban J connectivity index is 2.21. The van der Waals surface area contributed by atoms with E-state index < -0.39 is 0 Å². The Bertz CT molecular complexity index is 741. The average Bonchev–Trinajstić information content (AvgIpc) is 2.96. The lowest BCUT2D eigenvalue weighted by Gasteiger charge is -2.09. The van der Waals surface area contributed by atoms with Crippen molar-refractivity contribution in [3.8, 4) is 17.5 Å². The van der Waals surface area contributed by atoms with Crippen LogP contribution in [0.25, 0.3) is 11.8 Å². The maximum atomic E-state index is 11.4. The third-order valence-electron chi connectivity index (χ3n) is 2.96. The van der Waals surface area contributed by atoms with Crippen molar-refractivity contribution >= 4 is 12.0 Å². The highest BCUT2D eigenvalue weighted by atomic mass is 16.5. The SMILES string of the molecule is COc1cc(C=CC(=O)NCC#N)ccc1-n1cnc(C)c1. The Morgan fingerprint density at radius 1 is 1.55 bits per heavy atom. The zero-order valence-corrected chi connectivity index (χ0v) is 12.4. The van der Waals surface area contributed by atoms with Crippen molar-refractivity contribution in [3.05, 3.63) is 48.1 Å². The molecule has 0 aliphatic heterocycles. The van der Waals surface area contributed by atoms with Crippen LogP contribution in [0.4, 0.5) is 0 Å². The summed E-state index contributed by atoms with van der Waals surface area (Å²) in [5, 5.41) is 10.8. The second-order valence-corrected chi connectivity index (χ2v) is 4.56. The van der Waals surface area contributed by atoms with Crippen LogP contribution < -0.4 is 10.1 Å². The molecule has 0 atom stereocenters. The maximum absolute atomic E-state index is 11.4. The first-order valence-electron chi connectivity index (χ1n) is 6.66. The van der Waals surface area contributed by atoms with Crippen LogP contribution in [0, 0.1) is 18.3 Å². The van der Waals surface area contributed by atoms with Gasteiger partial charge < -0.3 is 14.6 Å². The third kappa shape index (κ3) is 3.73. The molecule has 0 radical (unpaired) electrons. The van der Waals surface area contributed by atoms with E-state index in [1.54, 1.807) is 19.5 Å². The fourth-order valence-electron chi connectivity index (χ4n) is 1.92. The van der Waals surface area contributed by atoms with E-state index >= 15 is 0 Å². The number of amides is 1. The molecule has 2 aromatic rings. The van der Waals surface area contributed by atoms with Crippen LogP contribution in [0.15, 0.2) is 36.8 Å². The van der Waals surface area contributed by atoms with Gasteiger partial charge in [0, 0.05) is 12.3 Å². The summed E-state index contributed by atoms with van der Waals surface area (Å²) in [5.41, 5.74) is 2.61. The van der Waals surface area contributed by atoms with E-state index in [1.165, 1.54) is 6.08 Å². The molecule has 1 aromatic heterocycles. The molecule has 6 heteroatoms. The fraction of sp³-hybridized carbons (Fsp3) is 0.188. The molecule has 1 heterocycles. The van der Waals surface area contributed by atoms with Crippen molar-refractivity contribution < 1.29 is 9.53 Å². The number of imidazole rings is 1. The molecule has 0 fully saturated rings. The predicted molar refractivity (Wildman–Crippen MR) is 82.5 cm³/mol. The summed E-state index contributed by atoms with van der Waals surface area (Å²) in [7, 11) is 1.59. The van der Waals surface area contributed by atoms with Crippen molar-refractivity contribution in [1.82, 2.24) is 14.9 Å². The first kappa shape index (κ1) is 15.3. The summed E-state index contributed by atoms with van der Waals surface area (Å²) in [5.74, 6) is 0.367. The minimum absolute atomic E-state index is 0.00852. The zero-order valence-electron chi connectivity index (χ0n) is 12.4. The minimum atomic E-state index is -0.310. The van der Waals surface area contributed by atoms with Crippen LogP contribution in [0.2, 0.25) is 0 Å². The van der Waals surface area contributed by atoms with Gasteiger partial charge in [-0.25, -0.2) is 4.98 Å². The Kier molecular flexibility index (Phi) is 4.94. The number of hydrogen-bond donors (Lipinski definition) is 1. The summed E-state index contributed by atoms with van der Waals surface area (Å²) in [6.45, 7) is 1.91. The number of nitrogens with one attached hydrogen (secondary N) is 1. The monoisotopic (exact) mass is 296 g/mol. The van der Waals surface area contributed by atoms with Crippen molar-refractivity contribution in [2.24, 2.45) is 0 Å². The van der Waals surface area contributed by atoms with Gasteiger partial charge in [0.15, 0.2) is 0 Å². The number of aryl methyl sites for hydroxylation is 1. The maximum Gasteiger partial charge on any atom is 0.244 e. The molecule has 2 rings (SSSR count). The molecule has 0 saturated carbocycles. The molecule has 22 heavy (non-hydrogen) atoms. The largest absolute Gasteiger partial charge is 0.495 e. The second-order valence-electron chi connectivity index (χ2n) is 4.56. The van der Waals surface area contributed by atoms with Gasteiger partial charge >= 0.3 is 0 Å². The normalized spacial score (nSPS) is 10.4. The van der Waals surface area contributed by atoms with E-state index in [0.717, 1.165) is 16.9 Å². The van der Waals surface area contributed by atoms with Crippen molar-refractivity contribution in [3.63, 3.8) is 0 Å². The average molecular weight is 296 g/mol. The first-order chi connectivity index (χ1) is 10.6. The topological polar surface area (TPSA) is 79.9 Å². The highest BCUT2D eigenvalue weighted by Gasteiger charge is 2.06. The van der Waals surface area contributed by atoms with Gasteiger partial charge in [-0.3, -0.25) is 4.79 Å². The molecule has 1 amide bonds. The van der Waals surface area contributed by atoms with Crippen LogP contribution >= 0.6 is 0 Å². The van der Waals surface area contributed by atoms with Crippen molar-refractivity contribution in [1.29, 1.82) is 5.26 Å². The minimum Gasteiger partial charge on any atom is -0.495 e. The number of carbonyl (C=O) groups is 1. The van der Waals surface area contributed by atoms with Crippen molar-refractivity contribution in [2.45, 2.75) is 6.92 Å². The molecule has 1 aromatic carbocycles. The van der Waals surface area contributed by atoms with Gasteiger partial charge in [0.1, 0.15) is 12.3 Å². The van der Waals surface area contributed by atoms with Gasteiger partial charge in [-0.05, 0) is 30.7 Å². The number of benzene rings is 1. The first-order valence-corrected chi connectivity index (χ1v) is 6.66. The fourth-order valence-corrected chi connectivity index (χ4v) is 1.92. The molecule has 0 bridgehead atoms. The Hall–Kier alpha value is -3.07. The molecule has 0 unspecified atom stereocenters. The summed E-state index contributed by atoms with van der Waals surface area (Å²) >= 11 is 0. The van der Waals surface area contributed by atoms with Crippen LogP contribution in [0.1, 0.15) is 11.3 Å². The Morgan fingerprint density at radius 2 is 2.36 bits per heavy atom. The van der Waals surface area contributed by atoms with Crippen LogP contribution in [-0.2, 0) is 4.79 Å². The molecule has 0 saturated heterocycles. The number of nitrogens with zero attached hydrogens (tertiary/aromatic N) is 3. The van der Waals surface area contributed by atoms with E-state index in [0.29, 0.717) is 5.75 Å². The summed E-state index contributed by atoms with van der Waals surface area (Å²) in [4.78, 5) is 15.6. The van der Waals surface area contributed by atoms with E-state index in [1.807, 2.05) is 42.0 Å². The highest BCUT2D eigenvalue weighted by Crippen LogP contribution is 2.25. The zero-order chi connectivity index (χ0) is 15.9. The van der Waals surface area contributed by atoms with Crippen LogP contribution in [0.5, 0.6) is 5.75 Å². The third-order valence-corrected chi connectivity index (χ3v) is 2.96. The lowest BCUT2D eigenvalue weighted by atomic mass is 10.1. The van der Waals surface area contributed by atoms with Gasteiger partial charge in [-0.1, -0.05) is 6.07 Å². The Labute approximate surface area is 128 Å². The summed E-state index contributed by atoms with van der Waals surface area (Å²) in [6.07, 6.45) is 6.67. The van der Waals surface area contributed by atoms with E-state index in [2.05, 4.69) is 10.3 Å². The van der Waals surface area contributed by atoms with E-state index in [4.69, 9.17) is 10.00 Å². The number of hydrogen-bond acceptors (Lipinski definition) is 4. The molecular formula is C16H16N4O2. The van der Waals surface area contributed by atoms with Gasteiger partial charge in [0.05, 0.1) is 30.9 Å². The van der Waals surface area contributed by atoms with E-state index in [9.17, 15) is 4.79 Å². The van der Waals surface area contributed by atoms with E-state index in [-0.39, 0.29) is 12.5 Å². The van der Waals surface area contributed by atoms with Crippen molar-refractivity contribution in [2.75, 3.05) is 13.7 Å². The lowest BCUT2D eigenvalue weighted by molar-refractivity contribution is -0.116. The van der Waals surface area contributed by atoms with Gasteiger partial charge in [0.2, 0.25) is 5.91 Å². The number of nitriles is 1. The van der Waals surface area contributed by atoms with Gasteiger partial charge in [0.25, 0.3) is 0 Å². The number of carbonyl (C=O) groups excluding carboxylic acids is 1. The van der Waals surface area contributed by atoms with Crippen LogP contribution in [0.3, 0.4) is 0 Å². The smallest absolute Gasteiger partial charge is 0.244 e. The summed E-state index contributed by atoms with van der Waals surface area (Å²) < 4.78 is 7.27. The number of ether oxygens (including phenoxy) is 1. The molecule has 6 nitrogen and oxygen atoms in total. The number of aromatic nitrogens is 2.